The molecule has 134 valence electrons. The average molecular weight is 375 g/mol. The number of aromatic nitrogens is 2. The Morgan fingerprint density at radius 1 is 1.19 bits per heavy atom. The molecule has 0 spiro atoms. The molecule has 0 aliphatic rings. The molecule has 0 atom stereocenters. The third kappa shape index (κ3) is 5.06. The lowest BCUT2D eigenvalue weighted by atomic mass is 10.2. The van der Waals surface area contributed by atoms with E-state index in [1.807, 2.05) is 23.6 Å². The molecule has 26 heavy (non-hydrogen) atoms. The summed E-state index contributed by atoms with van der Waals surface area (Å²) in [6.07, 6.45) is 1.86. The summed E-state index contributed by atoms with van der Waals surface area (Å²) in [5, 5.41) is 5.38. The van der Waals surface area contributed by atoms with Gasteiger partial charge < -0.3 is 10.1 Å². The third-order valence-electron chi connectivity index (χ3n) is 3.42. The molecule has 0 fully saturated rings. The van der Waals surface area contributed by atoms with Gasteiger partial charge in [0.2, 0.25) is 5.91 Å². The van der Waals surface area contributed by atoms with Gasteiger partial charge in [-0.15, -0.1) is 11.3 Å². The lowest BCUT2D eigenvalue weighted by molar-refractivity contribution is -0.120. The number of thiazole rings is 1. The molecule has 5 nitrogen and oxygen atoms in total. The Hall–Kier alpha value is -2.87. The molecule has 2 heterocycles. The molecular weight excluding hydrogens is 360 g/mol. The van der Waals surface area contributed by atoms with Crippen LogP contribution in [0.3, 0.4) is 0 Å². The van der Waals surface area contributed by atoms with Crippen LogP contribution in [0.4, 0.5) is 8.78 Å². The van der Waals surface area contributed by atoms with E-state index in [1.165, 1.54) is 23.5 Å². The normalized spacial score (nSPS) is 10.7. The third-order valence-corrected chi connectivity index (χ3v) is 4.33. The number of rotatable bonds is 7. The van der Waals surface area contributed by atoms with Crippen LogP contribution in [0, 0.1) is 0 Å². The molecule has 0 aliphatic heterocycles. The standard InChI is InChI=1S/C18H15F2N3O2S/c19-18(20)25-14-6-4-12(5-7-14)10-22-16(24)9-13-11-26-17(23-13)15-3-1-2-8-21-15/h1-8,11,18H,9-10H2,(H,22,24). The maximum absolute atomic E-state index is 12.1. The second-order valence-corrected chi connectivity index (χ2v) is 6.19. The topological polar surface area (TPSA) is 64.1 Å². The number of benzene rings is 1. The van der Waals surface area contributed by atoms with Crippen molar-refractivity contribution in [1.29, 1.82) is 0 Å². The van der Waals surface area contributed by atoms with E-state index in [9.17, 15) is 13.6 Å². The van der Waals surface area contributed by atoms with Gasteiger partial charge in [-0.05, 0) is 29.8 Å². The summed E-state index contributed by atoms with van der Waals surface area (Å²) in [4.78, 5) is 20.7. The van der Waals surface area contributed by atoms with E-state index in [1.54, 1.807) is 18.3 Å². The Balaban J connectivity index is 1.51. The Kier molecular flexibility index (Phi) is 5.85. The van der Waals surface area contributed by atoms with Crippen molar-refractivity contribution in [2.75, 3.05) is 0 Å². The van der Waals surface area contributed by atoms with E-state index >= 15 is 0 Å². The van der Waals surface area contributed by atoms with Crippen LogP contribution in [0.1, 0.15) is 11.3 Å². The largest absolute Gasteiger partial charge is 0.435 e. The maximum atomic E-state index is 12.1. The lowest BCUT2D eigenvalue weighted by Crippen LogP contribution is -2.24. The van der Waals surface area contributed by atoms with Crippen LogP contribution in [-0.4, -0.2) is 22.5 Å². The number of amides is 1. The van der Waals surface area contributed by atoms with Crippen LogP contribution in [0.5, 0.6) is 5.75 Å². The molecule has 0 saturated carbocycles. The van der Waals surface area contributed by atoms with Crippen molar-refractivity contribution in [3.63, 3.8) is 0 Å². The molecule has 1 amide bonds. The highest BCUT2D eigenvalue weighted by Crippen LogP contribution is 2.21. The Bertz CT molecular complexity index is 854. The minimum Gasteiger partial charge on any atom is -0.435 e. The van der Waals surface area contributed by atoms with Gasteiger partial charge in [-0.3, -0.25) is 9.78 Å². The number of ether oxygens (including phenoxy) is 1. The molecule has 0 bridgehead atoms. The zero-order valence-electron chi connectivity index (χ0n) is 13.6. The molecule has 0 radical (unpaired) electrons. The summed E-state index contributed by atoms with van der Waals surface area (Å²) < 4.78 is 28.5. The quantitative estimate of drug-likeness (QED) is 0.684. The van der Waals surface area contributed by atoms with E-state index in [4.69, 9.17) is 0 Å². The fourth-order valence-electron chi connectivity index (χ4n) is 2.21. The van der Waals surface area contributed by atoms with Gasteiger partial charge >= 0.3 is 6.61 Å². The molecule has 0 unspecified atom stereocenters. The van der Waals surface area contributed by atoms with Crippen molar-refractivity contribution in [1.82, 2.24) is 15.3 Å². The zero-order chi connectivity index (χ0) is 18.4. The number of carbonyl (C=O) groups is 1. The highest BCUT2D eigenvalue weighted by molar-refractivity contribution is 7.13. The number of hydrogen-bond acceptors (Lipinski definition) is 5. The van der Waals surface area contributed by atoms with Crippen LogP contribution in [0.2, 0.25) is 0 Å². The number of pyridine rings is 1. The van der Waals surface area contributed by atoms with Gasteiger partial charge in [-0.25, -0.2) is 4.98 Å². The van der Waals surface area contributed by atoms with Gasteiger partial charge in [0.1, 0.15) is 10.8 Å². The first-order valence-corrected chi connectivity index (χ1v) is 8.64. The number of halogens is 2. The van der Waals surface area contributed by atoms with Crippen LogP contribution >= 0.6 is 11.3 Å². The molecule has 1 aromatic carbocycles. The first-order chi connectivity index (χ1) is 12.6. The van der Waals surface area contributed by atoms with E-state index < -0.39 is 6.61 Å². The van der Waals surface area contributed by atoms with Gasteiger partial charge in [-0.2, -0.15) is 8.78 Å². The Morgan fingerprint density at radius 2 is 2.00 bits per heavy atom. The van der Waals surface area contributed by atoms with E-state index in [2.05, 4.69) is 20.0 Å². The Labute approximate surface area is 152 Å². The molecule has 8 heteroatoms. The summed E-state index contributed by atoms with van der Waals surface area (Å²) in [5.74, 6) is -0.0876. The van der Waals surface area contributed by atoms with Crippen LogP contribution in [0.25, 0.3) is 10.7 Å². The summed E-state index contributed by atoms with van der Waals surface area (Å²) in [7, 11) is 0. The number of nitrogens with one attached hydrogen (secondary N) is 1. The molecule has 2 aromatic heterocycles. The van der Waals surface area contributed by atoms with Crippen LogP contribution < -0.4 is 10.1 Å². The van der Waals surface area contributed by atoms with Crippen molar-refractivity contribution in [2.24, 2.45) is 0 Å². The number of hydrogen-bond donors (Lipinski definition) is 1. The predicted octanol–water partition coefficient (Wildman–Crippen LogP) is 3.67. The SMILES string of the molecule is O=C(Cc1csc(-c2ccccn2)n1)NCc1ccc(OC(F)F)cc1. The first-order valence-electron chi connectivity index (χ1n) is 7.76. The molecule has 3 aromatic rings. The Morgan fingerprint density at radius 3 is 2.69 bits per heavy atom. The van der Waals surface area contributed by atoms with E-state index in [0.29, 0.717) is 12.2 Å². The van der Waals surface area contributed by atoms with Gasteiger partial charge in [-0.1, -0.05) is 18.2 Å². The van der Waals surface area contributed by atoms with E-state index in [-0.39, 0.29) is 18.1 Å². The van der Waals surface area contributed by atoms with Crippen LogP contribution in [-0.2, 0) is 17.8 Å². The average Bonchev–Trinajstić information content (AvgIpc) is 3.10. The lowest BCUT2D eigenvalue weighted by Gasteiger charge is -2.07. The van der Waals surface area contributed by atoms with Crippen LogP contribution in [0.15, 0.2) is 54.0 Å². The first kappa shape index (κ1) is 17.9. The smallest absolute Gasteiger partial charge is 0.387 e. The highest BCUT2D eigenvalue weighted by atomic mass is 32.1. The van der Waals surface area contributed by atoms with Gasteiger partial charge in [0, 0.05) is 18.1 Å². The van der Waals surface area contributed by atoms with Crippen molar-refractivity contribution in [3.8, 4) is 16.5 Å². The predicted molar refractivity (Wildman–Crippen MR) is 94.0 cm³/mol. The molecule has 0 saturated heterocycles. The summed E-state index contributed by atoms with van der Waals surface area (Å²) >= 11 is 1.44. The van der Waals surface area contributed by atoms with Crippen molar-refractivity contribution < 1.29 is 18.3 Å². The molecular formula is C18H15F2N3O2S. The summed E-state index contributed by atoms with van der Waals surface area (Å²) in [5.41, 5.74) is 2.23. The number of carbonyl (C=O) groups excluding carboxylic acids is 1. The second kappa shape index (κ2) is 8.48. The minimum absolute atomic E-state index is 0.0830. The molecule has 0 aliphatic carbocycles. The summed E-state index contributed by atoms with van der Waals surface area (Å²) in [6, 6.07) is 11.7. The maximum Gasteiger partial charge on any atom is 0.387 e. The fraction of sp³-hybridized carbons (Fsp3) is 0.167. The zero-order valence-corrected chi connectivity index (χ0v) is 14.4. The van der Waals surface area contributed by atoms with E-state index in [0.717, 1.165) is 16.3 Å². The fourth-order valence-corrected chi connectivity index (χ4v) is 3.01. The van der Waals surface area contributed by atoms with Gasteiger partial charge in [0.15, 0.2) is 0 Å². The molecule has 1 N–H and O–H groups in total. The number of nitrogens with zero attached hydrogens (tertiary/aromatic N) is 2. The van der Waals surface area contributed by atoms with Gasteiger partial charge in [0.05, 0.1) is 17.8 Å². The monoisotopic (exact) mass is 375 g/mol. The van der Waals surface area contributed by atoms with Crippen molar-refractivity contribution in [3.05, 3.63) is 65.3 Å². The second-order valence-electron chi connectivity index (χ2n) is 5.33. The highest BCUT2D eigenvalue weighted by Gasteiger charge is 2.10. The van der Waals surface area contributed by atoms with Gasteiger partial charge in [0.25, 0.3) is 0 Å². The van der Waals surface area contributed by atoms with Crippen molar-refractivity contribution in [2.45, 2.75) is 19.6 Å². The molecule has 3 rings (SSSR count). The van der Waals surface area contributed by atoms with Crippen molar-refractivity contribution >= 4 is 17.2 Å². The summed E-state index contributed by atoms with van der Waals surface area (Å²) in [6.45, 7) is -2.56. The minimum atomic E-state index is -2.85. The number of alkyl halides is 2.